The van der Waals surface area contributed by atoms with Gasteiger partial charge in [-0.15, -0.1) is 0 Å². The Kier molecular flexibility index (Phi) is 2.94. The van der Waals surface area contributed by atoms with Crippen molar-refractivity contribution in [3.63, 3.8) is 0 Å². The minimum Gasteiger partial charge on any atom is -0.389 e. The van der Waals surface area contributed by atoms with Crippen LogP contribution in [-0.2, 0) is 0 Å². The molecule has 1 aromatic rings. The van der Waals surface area contributed by atoms with Crippen LogP contribution in [0.3, 0.4) is 0 Å². The molecule has 0 saturated carbocycles. The van der Waals surface area contributed by atoms with Crippen LogP contribution >= 0.6 is 15.9 Å². The second-order valence-corrected chi connectivity index (χ2v) is 6.39. The summed E-state index contributed by atoms with van der Waals surface area (Å²) in [6.07, 6.45) is 6.57. The molecular formula is C14H17BrN2O. The van der Waals surface area contributed by atoms with Crippen molar-refractivity contribution >= 4 is 21.7 Å². The Morgan fingerprint density at radius 1 is 1.50 bits per heavy atom. The third-order valence-corrected chi connectivity index (χ3v) is 4.29. The van der Waals surface area contributed by atoms with E-state index in [9.17, 15) is 5.11 Å². The van der Waals surface area contributed by atoms with E-state index in [4.69, 9.17) is 0 Å². The van der Waals surface area contributed by atoms with E-state index < -0.39 is 5.60 Å². The number of rotatable bonds is 1. The lowest BCUT2D eigenvalue weighted by Crippen LogP contribution is -2.46. The highest BCUT2D eigenvalue weighted by atomic mass is 79.9. The highest BCUT2D eigenvalue weighted by Gasteiger charge is 2.39. The molecule has 3 nitrogen and oxygen atoms in total. The maximum absolute atomic E-state index is 10.5. The molecule has 2 unspecified atom stereocenters. The minimum absolute atomic E-state index is 0.442. The summed E-state index contributed by atoms with van der Waals surface area (Å²) in [4.78, 5) is 6.69. The van der Waals surface area contributed by atoms with Gasteiger partial charge in [-0.25, -0.2) is 4.98 Å². The van der Waals surface area contributed by atoms with Gasteiger partial charge in [0, 0.05) is 29.3 Å². The Labute approximate surface area is 116 Å². The average Bonchev–Trinajstić information content (AvgIpc) is 2.29. The maximum Gasteiger partial charge on any atom is 0.132 e. The number of nitrogens with zero attached hydrogens (tertiary/aromatic N) is 2. The Morgan fingerprint density at radius 2 is 2.33 bits per heavy atom. The molecule has 2 atom stereocenters. The van der Waals surface area contributed by atoms with E-state index in [1.54, 1.807) is 0 Å². The van der Waals surface area contributed by atoms with Gasteiger partial charge in [-0.05, 0) is 46.8 Å². The first kappa shape index (κ1) is 12.2. The van der Waals surface area contributed by atoms with Gasteiger partial charge in [0.2, 0.25) is 0 Å². The van der Waals surface area contributed by atoms with E-state index >= 15 is 0 Å². The van der Waals surface area contributed by atoms with Crippen LogP contribution in [0.15, 0.2) is 34.6 Å². The molecule has 1 fully saturated rings. The van der Waals surface area contributed by atoms with Crippen molar-refractivity contribution in [3.8, 4) is 0 Å². The second kappa shape index (κ2) is 4.35. The van der Waals surface area contributed by atoms with Gasteiger partial charge < -0.3 is 10.0 Å². The van der Waals surface area contributed by atoms with Crippen LogP contribution in [0.4, 0.5) is 5.82 Å². The molecule has 1 aromatic heterocycles. The molecule has 3 rings (SSSR count). The van der Waals surface area contributed by atoms with Crippen LogP contribution in [0, 0.1) is 5.92 Å². The molecule has 0 radical (unpaired) electrons. The molecule has 1 aliphatic heterocycles. The summed E-state index contributed by atoms with van der Waals surface area (Å²) in [5.41, 5.74) is 0.729. The van der Waals surface area contributed by atoms with E-state index in [0.717, 1.165) is 36.1 Å². The lowest BCUT2D eigenvalue weighted by molar-refractivity contribution is 0.00164. The van der Waals surface area contributed by atoms with Crippen molar-refractivity contribution in [2.45, 2.75) is 31.8 Å². The summed E-state index contributed by atoms with van der Waals surface area (Å²) >= 11 is 3.40. The summed E-state index contributed by atoms with van der Waals surface area (Å²) in [6, 6.07) is 4.03. The molecule has 96 valence electrons. The molecule has 2 heterocycles. The van der Waals surface area contributed by atoms with Gasteiger partial charge in [0.15, 0.2) is 0 Å². The van der Waals surface area contributed by atoms with Crippen molar-refractivity contribution in [2.24, 2.45) is 5.92 Å². The molecule has 1 aliphatic carbocycles. The Morgan fingerprint density at radius 3 is 3.06 bits per heavy atom. The molecule has 1 N–H and O–H groups in total. The molecule has 2 bridgehead atoms. The van der Waals surface area contributed by atoms with Crippen molar-refractivity contribution in [1.82, 2.24) is 4.98 Å². The zero-order valence-electron chi connectivity index (χ0n) is 10.4. The van der Waals surface area contributed by atoms with Gasteiger partial charge in [0.1, 0.15) is 5.82 Å². The number of hydrogen-bond acceptors (Lipinski definition) is 3. The number of anilines is 1. The average molecular weight is 309 g/mol. The minimum atomic E-state index is -0.491. The number of hydrogen-bond donors (Lipinski definition) is 1. The first-order valence-electron chi connectivity index (χ1n) is 6.38. The van der Waals surface area contributed by atoms with Gasteiger partial charge in [0.05, 0.1) is 5.60 Å². The number of aromatic nitrogens is 1. The smallest absolute Gasteiger partial charge is 0.132 e. The van der Waals surface area contributed by atoms with Crippen molar-refractivity contribution in [2.75, 3.05) is 11.4 Å². The summed E-state index contributed by atoms with van der Waals surface area (Å²) in [5, 5.41) is 10.5. The quantitative estimate of drug-likeness (QED) is 0.866. The van der Waals surface area contributed by atoms with Crippen molar-refractivity contribution in [3.05, 3.63) is 34.6 Å². The fraction of sp³-hybridized carbons (Fsp3) is 0.500. The highest BCUT2D eigenvalue weighted by molar-refractivity contribution is 9.10. The topological polar surface area (TPSA) is 36.4 Å². The van der Waals surface area contributed by atoms with E-state index in [0.29, 0.717) is 5.92 Å². The number of aliphatic hydroxyl groups is 1. The third-order valence-electron chi connectivity index (χ3n) is 3.82. The fourth-order valence-electron chi connectivity index (χ4n) is 3.08. The molecule has 0 amide bonds. The SMILES string of the molecule is CC1C=C2CC(O)(CCN2c2ccc(Br)cn2)C1. The monoisotopic (exact) mass is 308 g/mol. The van der Waals surface area contributed by atoms with Gasteiger partial charge >= 0.3 is 0 Å². The Balaban J connectivity index is 1.92. The first-order valence-corrected chi connectivity index (χ1v) is 7.17. The molecule has 18 heavy (non-hydrogen) atoms. The molecule has 4 heteroatoms. The van der Waals surface area contributed by atoms with Crippen LogP contribution < -0.4 is 4.90 Å². The highest BCUT2D eigenvalue weighted by Crippen LogP contribution is 2.41. The fourth-order valence-corrected chi connectivity index (χ4v) is 3.32. The van der Waals surface area contributed by atoms with E-state index in [1.807, 2.05) is 18.3 Å². The third kappa shape index (κ3) is 2.19. The van der Waals surface area contributed by atoms with Crippen LogP contribution in [-0.4, -0.2) is 22.2 Å². The second-order valence-electron chi connectivity index (χ2n) is 5.48. The number of pyridine rings is 1. The maximum atomic E-state index is 10.5. The number of halogens is 1. The van der Waals surface area contributed by atoms with E-state index in [2.05, 4.69) is 38.8 Å². The van der Waals surface area contributed by atoms with Crippen molar-refractivity contribution in [1.29, 1.82) is 0 Å². The van der Waals surface area contributed by atoms with Gasteiger partial charge in [-0.2, -0.15) is 0 Å². The molecular weight excluding hydrogens is 292 g/mol. The van der Waals surface area contributed by atoms with Gasteiger partial charge in [-0.1, -0.05) is 13.0 Å². The lowest BCUT2D eigenvalue weighted by Gasteiger charge is -2.45. The van der Waals surface area contributed by atoms with Crippen LogP contribution in [0.2, 0.25) is 0 Å². The Hall–Kier alpha value is -0.870. The molecule has 0 aromatic carbocycles. The summed E-state index contributed by atoms with van der Waals surface area (Å²) in [5.74, 6) is 1.41. The summed E-state index contributed by atoms with van der Waals surface area (Å²) < 4.78 is 0.991. The standard InChI is InChI=1S/C14H17BrN2O/c1-10-6-12-8-14(18,7-10)4-5-17(12)13-3-2-11(15)9-16-13/h2-3,6,9-10,18H,4-5,7-8H2,1H3. The lowest BCUT2D eigenvalue weighted by atomic mass is 9.77. The normalized spacial score (nSPS) is 31.2. The first-order chi connectivity index (χ1) is 8.56. The van der Waals surface area contributed by atoms with Crippen LogP contribution in [0.25, 0.3) is 0 Å². The van der Waals surface area contributed by atoms with Gasteiger partial charge in [-0.3, -0.25) is 0 Å². The number of fused-ring (bicyclic) bond motifs is 2. The zero-order valence-corrected chi connectivity index (χ0v) is 12.0. The summed E-state index contributed by atoms with van der Waals surface area (Å²) in [6.45, 7) is 3.02. The largest absolute Gasteiger partial charge is 0.389 e. The van der Waals surface area contributed by atoms with E-state index in [-0.39, 0.29) is 0 Å². The molecule has 1 saturated heterocycles. The number of allylic oxidation sites excluding steroid dienone is 1. The van der Waals surface area contributed by atoms with Crippen molar-refractivity contribution < 1.29 is 5.11 Å². The Bertz CT molecular complexity index is 485. The van der Waals surface area contributed by atoms with Gasteiger partial charge in [0.25, 0.3) is 0 Å². The molecule has 2 aliphatic rings. The predicted octanol–water partition coefficient (Wildman–Crippen LogP) is 3.10. The summed E-state index contributed by atoms with van der Waals surface area (Å²) in [7, 11) is 0. The van der Waals surface area contributed by atoms with Crippen LogP contribution in [0.1, 0.15) is 26.2 Å². The number of piperidine rings is 1. The van der Waals surface area contributed by atoms with E-state index in [1.165, 1.54) is 5.70 Å². The predicted molar refractivity (Wildman–Crippen MR) is 75.3 cm³/mol. The zero-order chi connectivity index (χ0) is 12.8. The molecule has 0 spiro atoms. The van der Waals surface area contributed by atoms with Crippen LogP contribution in [0.5, 0.6) is 0 Å².